The topological polar surface area (TPSA) is 130 Å². The van der Waals surface area contributed by atoms with Crippen molar-refractivity contribution in [1.29, 1.82) is 0 Å². The lowest BCUT2D eigenvalue weighted by Gasteiger charge is -2.39. The number of aryl methyl sites for hydroxylation is 2. The molecule has 0 bridgehead atoms. The first kappa shape index (κ1) is 19.8. The van der Waals surface area contributed by atoms with E-state index in [9.17, 15) is 25.2 Å². The minimum atomic E-state index is -1.53. The summed E-state index contributed by atoms with van der Waals surface area (Å²) in [5.74, 6) is 0.295. The fourth-order valence-corrected chi connectivity index (χ4v) is 3.30. The molecule has 1 aromatic heterocycles. The Kier molecular flexibility index (Phi) is 5.83. The monoisotopic (exact) mass is 380 g/mol. The van der Waals surface area contributed by atoms with Gasteiger partial charge in [-0.2, -0.15) is 0 Å². The smallest absolute Gasteiger partial charge is 0.336 e. The maximum atomic E-state index is 11.9. The van der Waals surface area contributed by atoms with Crippen LogP contribution in [0.1, 0.15) is 24.5 Å². The average molecular weight is 380 g/mol. The van der Waals surface area contributed by atoms with E-state index in [2.05, 4.69) is 0 Å². The molecule has 27 heavy (non-hydrogen) atoms. The number of fused-ring (bicyclic) bond motifs is 1. The number of ether oxygens (including phenoxy) is 2. The van der Waals surface area contributed by atoms with Gasteiger partial charge in [-0.3, -0.25) is 0 Å². The second kappa shape index (κ2) is 7.95. The molecule has 0 amide bonds. The first-order valence-electron chi connectivity index (χ1n) is 8.90. The Bertz CT molecular complexity index is 859. The van der Waals surface area contributed by atoms with Crippen LogP contribution in [-0.4, -0.2) is 57.7 Å². The summed E-state index contributed by atoms with van der Waals surface area (Å²) in [7, 11) is 0. The van der Waals surface area contributed by atoms with Crippen molar-refractivity contribution in [2.45, 2.75) is 57.4 Å². The molecule has 0 radical (unpaired) electrons. The summed E-state index contributed by atoms with van der Waals surface area (Å²) in [6.07, 6.45) is -5.27. The fourth-order valence-electron chi connectivity index (χ4n) is 3.30. The van der Waals surface area contributed by atoms with Crippen LogP contribution in [0, 0.1) is 6.92 Å². The van der Waals surface area contributed by atoms with Crippen molar-refractivity contribution >= 4 is 11.0 Å². The van der Waals surface area contributed by atoms with E-state index in [-0.39, 0.29) is 0 Å². The second-order valence-electron chi connectivity index (χ2n) is 6.72. The Morgan fingerprint density at radius 1 is 1.15 bits per heavy atom. The molecule has 1 aliphatic rings. The average Bonchev–Trinajstić information content (AvgIpc) is 2.64. The molecule has 1 saturated heterocycles. The predicted molar refractivity (Wildman–Crippen MR) is 95.6 cm³/mol. The SMILES string of the molecule is CCCc1cc(=O)oc2c(C)c(O[C@H]3O[C@H](CO)[C@@H](O)[C@H](O)[C@H]3O)ccc12. The molecule has 1 aliphatic heterocycles. The number of aliphatic hydroxyl groups excluding tert-OH is 4. The molecular formula is C19H24O8. The van der Waals surface area contributed by atoms with E-state index in [0.717, 1.165) is 23.8 Å². The van der Waals surface area contributed by atoms with Crippen molar-refractivity contribution in [1.82, 2.24) is 0 Å². The van der Waals surface area contributed by atoms with E-state index in [4.69, 9.17) is 13.9 Å². The van der Waals surface area contributed by atoms with Crippen LogP contribution >= 0.6 is 0 Å². The first-order chi connectivity index (χ1) is 12.9. The van der Waals surface area contributed by atoms with Gasteiger partial charge in [0.25, 0.3) is 0 Å². The first-order valence-corrected chi connectivity index (χ1v) is 8.90. The Morgan fingerprint density at radius 3 is 2.56 bits per heavy atom. The van der Waals surface area contributed by atoms with Crippen molar-refractivity contribution in [3.8, 4) is 5.75 Å². The Labute approximate surface area is 155 Å². The summed E-state index contributed by atoms with van der Waals surface area (Å²) in [5.41, 5.74) is 1.35. The van der Waals surface area contributed by atoms with Crippen LogP contribution in [0.5, 0.6) is 5.75 Å². The molecule has 3 rings (SSSR count). The molecule has 0 unspecified atom stereocenters. The molecule has 2 aromatic rings. The van der Waals surface area contributed by atoms with Crippen molar-refractivity contribution in [3.05, 3.63) is 39.7 Å². The lowest BCUT2D eigenvalue weighted by Crippen LogP contribution is -2.60. The molecule has 1 fully saturated rings. The van der Waals surface area contributed by atoms with E-state index < -0.39 is 42.9 Å². The largest absolute Gasteiger partial charge is 0.462 e. The highest BCUT2D eigenvalue weighted by Gasteiger charge is 2.44. The van der Waals surface area contributed by atoms with E-state index >= 15 is 0 Å². The van der Waals surface area contributed by atoms with E-state index in [0.29, 0.717) is 16.9 Å². The van der Waals surface area contributed by atoms with Gasteiger partial charge in [-0.05, 0) is 31.0 Å². The minimum absolute atomic E-state index is 0.295. The van der Waals surface area contributed by atoms with Crippen molar-refractivity contribution < 1.29 is 34.3 Å². The van der Waals surface area contributed by atoms with Crippen LogP contribution in [0.3, 0.4) is 0 Å². The summed E-state index contributed by atoms with van der Waals surface area (Å²) < 4.78 is 16.4. The quantitative estimate of drug-likeness (QED) is 0.543. The third-order valence-corrected chi connectivity index (χ3v) is 4.81. The van der Waals surface area contributed by atoms with E-state index in [1.165, 1.54) is 6.07 Å². The summed E-state index contributed by atoms with van der Waals surface area (Å²) in [5, 5.41) is 39.9. The summed E-state index contributed by atoms with van der Waals surface area (Å²) in [6.45, 7) is 3.18. The Morgan fingerprint density at radius 2 is 1.89 bits per heavy atom. The van der Waals surface area contributed by atoms with Crippen LogP contribution in [0.15, 0.2) is 27.4 Å². The molecule has 0 saturated carbocycles. The lowest BCUT2D eigenvalue weighted by molar-refractivity contribution is -0.277. The zero-order chi connectivity index (χ0) is 19.7. The highest BCUT2D eigenvalue weighted by Crippen LogP contribution is 2.31. The molecule has 148 valence electrons. The molecule has 1 aromatic carbocycles. The van der Waals surface area contributed by atoms with Crippen LogP contribution in [-0.2, 0) is 11.2 Å². The number of aliphatic hydroxyl groups is 4. The second-order valence-corrected chi connectivity index (χ2v) is 6.72. The molecule has 4 N–H and O–H groups in total. The van der Waals surface area contributed by atoms with Gasteiger partial charge < -0.3 is 34.3 Å². The molecule has 5 atom stereocenters. The van der Waals surface area contributed by atoms with Crippen LogP contribution < -0.4 is 10.4 Å². The van der Waals surface area contributed by atoms with Gasteiger partial charge in [0, 0.05) is 17.0 Å². The summed E-state index contributed by atoms with van der Waals surface area (Å²) >= 11 is 0. The van der Waals surface area contributed by atoms with Crippen molar-refractivity contribution in [2.24, 2.45) is 0 Å². The van der Waals surface area contributed by atoms with Crippen LogP contribution in [0.4, 0.5) is 0 Å². The maximum Gasteiger partial charge on any atom is 0.336 e. The van der Waals surface area contributed by atoms with Gasteiger partial charge in [-0.1, -0.05) is 13.3 Å². The van der Waals surface area contributed by atoms with Gasteiger partial charge in [-0.25, -0.2) is 4.79 Å². The van der Waals surface area contributed by atoms with E-state index in [1.54, 1.807) is 19.1 Å². The third-order valence-electron chi connectivity index (χ3n) is 4.81. The van der Waals surface area contributed by atoms with Gasteiger partial charge in [0.05, 0.1) is 6.61 Å². The van der Waals surface area contributed by atoms with Gasteiger partial charge in [-0.15, -0.1) is 0 Å². The van der Waals surface area contributed by atoms with Crippen LogP contribution in [0.25, 0.3) is 11.0 Å². The fraction of sp³-hybridized carbons (Fsp3) is 0.526. The molecule has 0 aliphatic carbocycles. The molecular weight excluding hydrogens is 356 g/mol. The minimum Gasteiger partial charge on any atom is -0.462 e. The molecule has 2 heterocycles. The van der Waals surface area contributed by atoms with Crippen LogP contribution in [0.2, 0.25) is 0 Å². The van der Waals surface area contributed by atoms with E-state index in [1.807, 2.05) is 6.92 Å². The normalized spacial score (nSPS) is 28.4. The zero-order valence-electron chi connectivity index (χ0n) is 15.2. The third kappa shape index (κ3) is 3.71. The highest BCUT2D eigenvalue weighted by molar-refractivity contribution is 5.85. The van der Waals surface area contributed by atoms with Crippen molar-refractivity contribution in [2.75, 3.05) is 6.61 Å². The Hall–Kier alpha value is -1.97. The zero-order valence-corrected chi connectivity index (χ0v) is 15.2. The van der Waals surface area contributed by atoms with Crippen molar-refractivity contribution in [3.63, 3.8) is 0 Å². The highest BCUT2D eigenvalue weighted by atomic mass is 16.7. The molecule has 0 spiro atoms. The van der Waals surface area contributed by atoms with Gasteiger partial charge >= 0.3 is 5.63 Å². The predicted octanol–water partition coefficient (Wildman–Crippen LogP) is 0.233. The standard InChI is InChI=1S/C19H24O8/c1-3-4-10-7-14(21)27-18-9(2)12(6-5-11(10)18)25-19-17(24)16(23)15(22)13(8-20)26-19/h5-7,13,15-17,19-20,22-24H,3-4,8H2,1-2H3/t13-,15-,16+,17-,19+/m1/s1. The number of hydrogen-bond donors (Lipinski definition) is 4. The number of hydrogen-bond acceptors (Lipinski definition) is 8. The molecule has 8 nitrogen and oxygen atoms in total. The number of rotatable bonds is 5. The van der Waals surface area contributed by atoms with Gasteiger partial charge in [0.15, 0.2) is 0 Å². The van der Waals surface area contributed by atoms with Gasteiger partial charge in [0.2, 0.25) is 6.29 Å². The molecule has 8 heteroatoms. The summed E-state index contributed by atoms with van der Waals surface area (Å²) in [6, 6.07) is 4.90. The number of benzene rings is 1. The summed E-state index contributed by atoms with van der Waals surface area (Å²) in [4.78, 5) is 11.9. The Balaban J connectivity index is 1.95. The lowest BCUT2D eigenvalue weighted by atomic mass is 9.99. The van der Waals surface area contributed by atoms with Gasteiger partial charge in [0.1, 0.15) is 35.7 Å². The maximum absolute atomic E-state index is 11.9.